The average Bonchev–Trinajstić information content (AvgIpc) is 3.12. The quantitative estimate of drug-likeness (QED) is 0.526. The highest BCUT2D eigenvalue weighted by Gasteiger charge is 2.29. The molecule has 0 bridgehead atoms. The van der Waals surface area contributed by atoms with Gasteiger partial charge in [0.1, 0.15) is 5.54 Å². The highest BCUT2D eigenvalue weighted by atomic mass is 16.2. The summed E-state index contributed by atoms with van der Waals surface area (Å²) in [6, 6.07) is 11.4. The Kier molecular flexibility index (Phi) is 4.39. The van der Waals surface area contributed by atoms with Crippen LogP contribution in [-0.4, -0.2) is 23.9 Å². The van der Waals surface area contributed by atoms with Crippen LogP contribution in [-0.2, 0) is 5.54 Å². The lowest BCUT2D eigenvalue weighted by Gasteiger charge is -2.25. The lowest BCUT2D eigenvalue weighted by atomic mass is 10.1. The summed E-state index contributed by atoms with van der Waals surface area (Å²) in [5, 5.41) is 15.0. The molecule has 150 valence electrons. The Labute approximate surface area is 172 Å². The van der Waals surface area contributed by atoms with Crippen molar-refractivity contribution < 1.29 is 0 Å². The fourth-order valence-electron chi connectivity index (χ4n) is 3.69. The van der Waals surface area contributed by atoms with Crippen LogP contribution in [0.5, 0.6) is 0 Å². The van der Waals surface area contributed by atoms with Gasteiger partial charge in [0.25, 0.3) is 5.56 Å². The molecule has 0 fully saturated rings. The third kappa shape index (κ3) is 2.83. The van der Waals surface area contributed by atoms with Crippen molar-refractivity contribution in [3.05, 3.63) is 81.0 Å². The Morgan fingerprint density at radius 3 is 2.50 bits per heavy atom. The minimum atomic E-state index is -1.19. The summed E-state index contributed by atoms with van der Waals surface area (Å²) in [7, 11) is 0. The van der Waals surface area contributed by atoms with Crippen LogP contribution in [0.25, 0.3) is 22.3 Å². The molecule has 0 unspecified atom stereocenters. The number of hydrogen-bond donors (Lipinski definition) is 0. The standard InChI is InChI=1S/C22H20N6O2/c1-14-9-17(12-24-10-14)26-20(29)19(15(2)27(21(26)30)22(3,4)13-23)28-18-8-6-5-7-16(18)11-25-28/h5-12H,1-4H3. The molecule has 0 aliphatic heterocycles. The van der Waals surface area contributed by atoms with Gasteiger partial charge in [0.2, 0.25) is 0 Å². The number of hydrogen-bond acceptors (Lipinski definition) is 5. The molecule has 0 atom stereocenters. The SMILES string of the molecule is Cc1cncc(-n2c(=O)c(-n3ncc4ccccc43)c(C)n(C(C)(C)C#N)c2=O)c1. The van der Waals surface area contributed by atoms with Crippen LogP contribution >= 0.6 is 0 Å². The van der Waals surface area contributed by atoms with Crippen LogP contribution in [0.2, 0.25) is 0 Å². The maximum Gasteiger partial charge on any atom is 0.337 e. The summed E-state index contributed by atoms with van der Waals surface area (Å²) in [5.74, 6) is 0. The number of nitrogens with zero attached hydrogens (tertiary/aromatic N) is 6. The third-order valence-electron chi connectivity index (χ3n) is 5.11. The van der Waals surface area contributed by atoms with Gasteiger partial charge in [-0.2, -0.15) is 10.4 Å². The monoisotopic (exact) mass is 400 g/mol. The number of pyridine rings is 1. The molecule has 0 saturated carbocycles. The van der Waals surface area contributed by atoms with Crippen molar-refractivity contribution in [2.24, 2.45) is 0 Å². The van der Waals surface area contributed by atoms with E-state index in [2.05, 4.69) is 16.2 Å². The van der Waals surface area contributed by atoms with Crippen LogP contribution in [0.3, 0.4) is 0 Å². The maximum atomic E-state index is 13.6. The second kappa shape index (κ2) is 6.81. The minimum absolute atomic E-state index is 0.209. The van der Waals surface area contributed by atoms with Gasteiger partial charge in [-0.05, 0) is 45.4 Å². The highest BCUT2D eigenvalue weighted by Crippen LogP contribution is 2.21. The number of para-hydroxylation sites is 1. The van der Waals surface area contributed by atoms with Crippen LogP contribution in [0.4, 0.5) is 0 Å². The Morgan fingerprint density at radius 2 is 1.80 bits per heavy atom. The second-order valence-electron chi connectivity index (χ2n) is 7.70. The summed E-state index contributed by atoms with van der Waals surface area (Å²) in [6.07, 6.45) is 4.76. The molecule has 8 heteroatoms. The topological polar surface area (TPSA) is 98.5 Å². The number of rotatable bonds is 3. The molecule has 3 aromatic heterocycles. The normalized spacial score (nSPS) is 11.6. The van der Waals surface area contributed by atoms with E-state index >= 15 is 0 Å². The predicted molar refractivity (Wildman–Crippen MR) is 113 cm³/mol. The van der Waals surface area contributed by atoms with E-state index in [0.29, 0.717) is 11.4 Å². The smallest absolute Gasteiger partial charge is 0.277 e. The highest BCUT2D eigenvalue weighted by molar-refractivity contribution is 5.80. The Bertz CT molecular complexity index is 1450. The zero-order valence-corrected chi connectivity index (χ0v) is 17.1. The van der Waals surface area contributed by atoms with Gasteiger partial charge in [0.05, 0.1) is 35.4 Å². The number of benzene rings is 1. The number of aromatic nitrogens is 5. The lowest BCUT2D eigenvalue weighted by Crippen LogP contribution is -2.48. The van der Waals surface area contributed by atoms with Crippen LogP contribution < -0.4 is 11.2 Å². The molecule has 0 amide bonds. The van der Waals surface area contributed by atoms with Crippen molar-refractivity contribution in [3.63, 3.8) is 0 Å². The summed E-state index contributed by atoms with van der Waals surface area (Å²) in [5.41, 5.74) is 0.127. The molecule has 3 heterocycles. The van der Waals surface area contributed by atoms with Gasteiger partial charge in [0, 0.05) is 11.6 Å². The van der Waals surface area contributed by atoms with Gasteiger partial charge < -0.3 is 0 Å². The first-order valence-electron chi connectivity index (χ1n) is 9.42. The van der Waals surface area contributed by atoms with Crippen LogP contribution in [0.15, 0.2) is 58.5 Å². The minimum Gasteiger partial charge on any atom is -0.277 e. The Morgan fingerprint density at radius 1 is 1.07 bits per heavy atom. The van der Waals surface area contributed by atoms with Crippen molar-refractivity contribution in [2.45, 2.75) is 33.2 Å². The maximum absolute atomic E-state index is 13.6. The molecule has 1 aromatic carbocycles. The van der Waals surface area contributed by atoms with Gasteiger partial charge in [-0.25, -0.2) is 14.0 Å². The van der Waals surface area contributed by atoms with Crippen molar-refractivity contribution >= 4 is 10.9 Å². The average molecular weight is 400 g/mol. The molecule has 0 aliphatic rings. The van der Waals surface area contributed by atoms with Gasteiger partial charge in [-0.3, -0.25) is 14.3 Å². The zero-order valence-electron chi connectivity index (χ0n) is 17.1. The molecule has 8 nitrogen and oxygen atoms in total. The predicted octanol–water partition coefficient (Wildman–Crippen LogP) is 2.61. The number of nitriles is 1. The van der Waals surface area contributed by atoms with E-state index in [1.54, 1.807) is 39.2 Å². The first-order chi connectivity index (χ1) is 14.3. The van der Waals surface area contributed by atoms with E-state index in [0.717, 1.165) is 21.0 Å². The molecular formula is C22H20N6O2. The van der Waals surface area contributed by atoms with Crippen molar-refractivity contribution in [3.8, 4) is 17.4 Å². The third-order valence-corrected chi connectivity index (χ3v) is 5.11. The van der Waals surface area contributed by atoms with E-state index < -0.39 is 16.8 Å². The van der Waals surface area contributed by atoms with Crippen molar-refractivity contribution in [1.82, 2.24) is 23.9 Å². The molecule has 0 spiro atoms. The molecular weight excluding hydrogens is 380 g/mol. The Hall–Kier alpha value is -3.99. The molecule has 0 N–H and O–H groups in total. The number of aryl methyl sites for hydroxylation is 1. The van der Waals surface area contributed by atoms with Crippen LogP contribution in [0.1, 0.15) is 25.1 Å². The molecule has 0 aliphatic carbocycles. The van der Waals surface area contributed by atoms with Gasteiger partial charge >= 0.3 is 5.69 Å². The van der Waals surface area contributed by atoms with E-state index in [1.807, 2.05) is 31.2 Å². The largest absolute Gasteiger partial charge is 0.337 e. The van der Waals surface area contributed by atoms with Crippen LogP contribution in [0, 0.1) is 25.2 Å². The first kappa shape index (κ1) is 19.3. The first-order valence-corrected chi connectivity index (χ1v) is 9.42. The molecule has 4 rings (SSSR count). The summed E-state index contributed by atoms with van der Waals surface area (Å²) >= 11 is 0. The number of fused-ring (bicyclic) bond motifs is 1. The molecule has 0 saturated heterocycles. The summed E-state index contributed by atoms with van der Waals surface area (Å²) in [6.45, 7) is 6.76. The van der Waals surface area contributed by atoms with E-state index in [1.165, 1.54) is 15.4 Å². The van der Waals surface area contributed by atoms with Gasteiger partial charge in [-0.1, -0.05) is 18.2 Å². The van der Waals surface area contributed by atoms with E-state index in [4.69, 9.17) is 0 Å². The van der Waals surface area contributed by atoms with E-state index in [9.17, 15) is 14.9 Å². The summed E-state index contributed by atoms with van der Waals surface area (Å²) < 4.78 is 3.91. The van der Waals surface area contributed by atoms with Crippen molar-refractivity contribution in [1.29, 1.82) is 5.26 Å². The fraction of sp³-hybridized carbons (Fsp3) is 0.227. The second-order valence-corrected chi connectivity index (χ2v) is 7.70. The lowest BCUT2D eigenvalue weighted by molar-refractivity contribution is 0.422. The van der Waals surface area contributed by atoms with Gasteiger partial charge in [-0.15, -0.1) is 0 Å². The molecule has 0 radical (unpaired) electrons. The molecule has 4 aromatic rings. The fourth-order valence-corrected chi connectivity index (χ4v) is 3.69. The molecule has 30 heavy (non-hydrogen) atoms. The van der Waals surface area contributed by atoms with E-state index in [-0.39, 0.29) is 5.69 Å². The van der Waals surface area contributed by atoms with Crippen molar-refractivity contribution in [2.75, 3.05) is 0 Å². The van der Waals surface area contributed by atoms with Gasteiger partial charge in [0.15, 0.2) is 5.69 Å². The zero-order chi connectivity index (χ0) is 21.6. The summed E-state index contributed by atoms with van der Waals surface area (Å²) in [4.78, 5) is 31.2. The Balaban J connectivity index is 2.20.